The van der Waals surface area contributed by atoms with Crippen LogP contribution >= 0.6 is 15.2 Å². The summed E-state index contributed by atoms with van der Waals surface area (Å²) in [6.07, 6.45) is 11.4. The highest BCUT2D eigenvalue weighted by Gasteiger charge is 2.13. The van der Waals surface area contributed by atoms with Gasteiger partial charge >= 0.3 is 15.2 Å². The average Bonchev–Trinajstić information content (AvgIpc) is 2.55. The van der Waals surface area contributed by atoms with Crippen molar-refractivity contribution in [1.29, 1.82) is 0 Å². The van der Waals surface area contributed by atoms with Crippen molar-refractivity contribution in [3.8, 4) is 0 Å². The molecule has 1 heterocycles. The molecule has 0 aliphatic rings. The molecule has 0 aliphatic heterocycles. The Balaban J connectivity index is 2.65. The predicted molar refractivity (Wildman–Crippen MR) is 106 cm³/mol. The maximum absolute atomic E-state index is 10.9. The lowest BCUT2D eigenvalue weighted by molar-refractivity contribution is -0.696. The van der Waals surface area contributed by atoms with Gasteiger partial charge in [-0.1, -0.05) is 12.2 Å². The van der Waals surface area contributed by atoms with E-state index in [0.29, 0.717) is 25.9 Å². The van der Waals surface area contributed by atoms with E-state index >= 15 is 0 Å². The Hall–Kier alpha value is -1.40. The van der Waals surface area contributed by atoms with E-state index in [1.165, 1.54) is 0 Å². The van der Waals surface area contributed by atoms with Crippen LogP contribution in [0.3, 0.4) is 0 Å². The lowest BCUT2D eigenvalue weighted by atomic mass is 10.1. The minimum Gasteiger partial charge on any atom is -0.324 e. The number of hydrogen-bond acceptors (Lipinski definition) is 3. The van der Waals surface area contributed by atoms with E-state index in [2.05, 4.69) is 4.99 Å². The van der Waals surface area contributed by atoms with Crippen molar-refractivity contribution in [2.75, 3.05) is 18.9 Å². The predicted octanol–water partition coefficient (Wildman–Crippen LogP) is 2.14. The van der Waals surface area contributed by atoms with Gasteiger partial charge in [-0.05, 0) is 30.6 Å². The Kier molecular flexibility index (Phi) is 10.0. The summed E-state index contributed by atoms with van der Waals surface area (Å²) in [6.45, 7) is 2.77. The number of aromatic nitrogens is 1. The average molecular weight is 417 g/mol. The highest BCUT2D eigenvalue weighted by atomic mass is 31.2. The second-order valence-corrected chi connectivity index (χ2v) is 9.54. The maximum Gasteiger partial charge on any atom is 0.325 e. The van der Waals surface area contributed by atoms with Crippen LogP contribution in [0.1, 0.15) is 25.3 Å². The lowest BCUT2D eigenvalue weighted by Crippen LogP contribution is -2.33. The lowest BCUT2D eigenvalue weighted by Gasteiger charge is -2.03. The smallest absolute Gasteiger partial charge is 0.324 e. The van der Waals surface area contributed by atoms with Gasteiger partial charge in [0.1, 0.15) is 6.54 Å². The fourth-order valence-corrected chi connectivity index (χ4v) is 3.37. The van der Waals surface area contributed by atoms with Crippen LogP contribution in [0.2, 0.25) is 0 Å². The summed E-state index contributed by atoms with van der Waals surface area (Å²) in [6, 6.07) is 3.82. The van der Waals surface area contributed by atoms with Crippen LogP contribution in [-0.4, -0.2) is 44.7 Å². The van der Waals surface area contributed by atoms with Crippen LogP contribution in [0.15, 0.2) is 47.7 Å². The monoisotopic (exact) mass is 417 g/mol. The molecule has 0 aromatic carbocycles. The summed E-state index contributed by atoms with van der Waals surface area (Å²) in [5.41, 5.74) is 1.89. The zero-order valence-electron chi connectivity index (χ0n) is 15.3. The molecule has 0 radical (unpaired) electrons. The molecule has 0 atom stereocenters. The Morgan fingerprint density at radius 2 is 1.67 bits per heavy atom. The molecule has 10 heteroatoms. The van der Waals surface area contributed by atoms with Gasteiger partial charge in [0.05, 0.1) is 12.3 Å². The first kappa shape index (κ1) is 23.6. The van der Waals surface area contributed by atoms with Crippen LogP contribution in [0.4, 0.5) is 0 Å². The molecule has 4 N–H and O–H groups in total. The quantitative estimate of drug-likeness (QED) is 0.143. The molecule has 1 aromatic rings. The Labute approximate surface area is 159 Å². The molecule has 0 unspecified atom stereocenters. The number of aliphatic imine (C=N–C) groups is 1. The van der Waals surface area contributed by atoms with Gasteiger partial charge in [0.25, 0.3) is 0 Å². The second kappa shape index (κ2) is 11.4. The summed E-state index contributed by atoms with van der Waals surface area (Å²) in [5, 5.41) is 0. The number of allylic oxidation sites excluding steroid dienone is 4. The molecule has 1 aromatic heterocycles. The third kappa shape index (κ3) is 11.8. The van der Waals surface area contributed by atoms with Crippen molar-refractivity contribution in [2.45, 2.75) is 26.3 Å². The fourth-order valence-electron chi connectivity index (χ4n) is 2.26. The Morgan fingerprint density at radius 3 is 2.22 bits per heavy atom. The first-order valence-electron chi connectivity index (χ1n) is 8.52. The highest BCUT2D eigenvalue weighted by Crippen LogP contribution is 2.35. The first-order chi connectivity index (χ1) is 12.6. The van der Waals surface area contributed by atoms with Gasteiger partial charge < -0.3 is 19.6 Å². The zero-order chi connectivity index (χ0) is 20.3. The Morgan fingerprint density at radius 1 is 1.07 bits per heavy atom. The molecule has 0 bridgehead atoms. The molecule has 0 saturated heterocycles. The number of rotatable bonds is 11. The molecule has 150 valence electrons. The van der Waals surface area contributed by atoms with Crippen LogP contribution in [0.5, 0.6) is 0 Å². The van der Waals surface area contributed by atoms with Crippen molar-refractivity contribution in [2.24, 2.45) is 4.99 Å². The third-order valence-corrected chi connectivity index (χ3v) is 5.33. The minimum absolute atomic E-state index is 0.135. The largest absolute Gasteiger partial charge is 0.325 e. The molecular formula is C17H27N2O6P2+. The molecule has 0 amide bonds. The number of nitrogens with zero attached hydrogens (tertiary/aromatic N) is 2. The third-order valence-electron chi connectivity index (χ3n) is 3.53. The SMILES string of the molecule is C/C=C\C(=C/C=NCCCP(=O)(O)O)c1cc[n+](CCCP(=O)(O)O)cc1. The van der Waals surface area contributed by atoms with Gasteiger partial charge in [0, 0.05) is 31.3 Å². The zero-order valence-corrected chi connectivity index (χ0v) is 17.0. The fraction of sp³-hybridized carbons (Fsp3) is 0.412. The molecule has 0 saturated carbocycles. The van der Waals surface area contributed by atoms with E-state index in [1.54, 1.807) is 6.21 Å². The maximum atomic E-state index is 10.9. The summed E-state index contributed by atoms with van der Waals surface area (Å²) < 4.78 is 23.5. The number of aryl methyl sites for hydroxylation is 1. The first-order valence-corrected chi connectivity index (χ1v) is 12.1. The van der Waals surface area contributed by atoms with Crippen LogP contribution < -0.4 is 4.57 Å². The van der Waals surface area contributed by atoms with Crippen LogP contribution in [0, 0.1) is 0 Å². The van der Waals surface area contributed by atoms with E-state index in [1.807, 2.05) is 54.2 Å². The van der Waals surface area contributed by atoms with Crippen molar-refractivity contribution >= 4 is 27.0 Å². The van der Waals surface area contributed by atoms with Gasteiger partial charge in [-0.15, -0.1) is 0 Å². The van der Waals surface area contributed by atoms with E-state index in [4.69, 9.17) is 19.6 Å². The normalized spacial score (nSPS) is 13.7. The van der Waals surface area contributed by atoms with Crippen molar-refractivity contribution in [3.63, 3.8) is 0 Å². The van der Waals surface area contributed by atoms with Gasteiger partial charge in [0.2, 0.25) is 0 Å². The molecular weight excluding hydrogens is 390 g/mol. The van der Waals surface area contributed by atoms with Crippen LogP contribution in [-0.2, 0) is 15.7 Å². The second-order valence-electron chi connectivity index (χ2n) is 5.99. The summed E-state index contributed by atoms with van der Waals surface area (Å²) in [5.74, 6) is 0. The molecule has 1 rings (SSSR count). The molecule has 0 spiro atoms. The van der Waals surface area contributed by atoms with Gasteiger partial charge in [-0.2, -0.15) is 0 Å². The molecule has 0 aliphatic carbocycles. The highest BCUT2D eigenvalue weighted by molar-refractivity contribution is 7.52. The molecule has 27 heavy (non-hydrogen) atoms. The summed E-state index contributed by atoms with van der Waals surface area (Å²) in [4.78, 5) is 39.5. The number of pyridine rings is 1. The number of hydrogen-bond donors (Lipinski definition) is 4. The molecule has 0 fully saturated rings. The van der Waals surface area contributed by atoms with Gasteiger partial charge in [0.15, 0.2) is 12.4 Å². The van der Waals surface area contributed by atoms with Crippen molar-refractivity contribution in [3.05, 3.63) is 48.3 Å². The summed E-state index contributed by atoms with van der Waals surface area (Å²) >= 11 is 0. The van der Waals surface area contributed by atoms with Crippen molar-refractivity contribution < 1.29 is 33.3 Å². The van der Waals surface area contributed by atoms with E-state index in [-0.39, 0.29) is 12.3 Å². The van der Waals surface area contributed by atoms with Gasteiger partial charge in [-0.25, -0.2) is 4.57 Å². The topological polar surface area (TPSA) is 131 Å². The van der Waals surface area contributed by atoms with Crippen molar-refractivity contribution in [1.82, 2.24) is 0 Å². The Bertz CT molecular complexity index is 762. The van der Waals surface area contributed by atoms with E-state index in [0.717, 1.165) is 11.1 Å². The van der Waals surface area contributed by atoms with E-state index in [9.17, 15) is 9.13 Å². The van der Waals surface area contributed by atoms with Crippen LogP contribution in [0.25, 0.3) is 5.57 Å². The van der Waals surface area contributed by atoms with E-state index < -0.39 is 15.2 Å². The van der Waals surface area contributed by atoms with Gasteiger partial charge in [-0.3, -0.25) is 14.1 Å². The minimum atomic E-state index is -3.96. The summed E-state index contributed by atoms with van der Waals surface area (Å²) in [7, 11) is -7.92. The standard InChI is InChI=1S/C17H26N2O6P2/c1-2-5-16(6-10-18-9-3-14-26(20,21)22)17-7-12-19(13-8-17)11-4-15-27(23,24)25/h2,5-8,10,12-13H,3-4,9,11,14-15H2,1H3,(H3-,20,21,22,23,24,25)/p+1/b5-2-,16-6+,18-10?. The molecule has 8 nitrogen and oxygen atoms in total.